The second-order valence-electron chi connectivity index (χ2n) is 6.45. The summed E-state index contributed by atoms with van der Waals surface area (Å²) in [5, 5.41) is 4.13. The summed E-state index contributed by atoms with van der Waals surface area (Å²) in [6.45, 7) is -0.767. The minimum Gasteiger partial charge on any atom is -0.378 e. The standard InChI is InChI=1S/C18H18F2N6OS2/c1-26(8-18(19,20)9-27-2)17-24-15(14-16(25-17)28-10-22-14)21-7-13-23-11-5-3-4-6-12(11)29-13/h3-6,10H,7-9H2,1-2H3,(H,21,24,25). The van der Waals surface area contributed by atoms with Gasteiger partial charge in [-0.2, -0.15) is 9.97 Å². The second-order valence-corrected chi connectivity index (χ2v) is 8.40. The van der Waals surface area contributed by atoms with Gasteiger partial charge in [0.25, 0.3) is 5.92 Å². The first-order chi connectivity index (χ1) is 13.9. The van der Waals surface area contributed by atoms with Gasteiger partial charge in [0.2, 0.25) is 5.95 Å². The Bertz CT molecular complexity index is 1100. The van der Waals surface area contributed by atoms with Crippen LogP contribution in [-0.2, 0) is 11.3 Å². The van der Waals surface area contributed by atoms with Gasteiger partial charge in [-0.15, -0.1) is 22.7 Å². The van der Waals surface area contributed by atoms with E-state index in [4.69, 9.17) is 0 Å². The van der Waals surface area contributed by atoms with E-state index in [1.807, 2.05) is 24.3 Å². The zero-order valence-corrected chi connectivity index (χ0v) is 17.4. The fourth-order valence-electron chi connectivity index (χ4n) is 2.87. The molecule has 4 aromatic rings. The van der Waals surface area contributed by atoms with Crippen molar-refractivity contribution in [1.82, 2.24) is 19.9 Å². The van der Waals surface area contributed by atoms with E-state index < -0.39 is 19.1 Å². The van der Waals surface area contributed by atoms with Crippen LogP contribution in [0.2, 0.25) is 0 Å². The van der Waals surface area contributed by atoms with Crippen LogP contribution >= 0.6 is 22.7 Å². The number of fused-ring (bicyclic) bond motifs is 2. The molecule has 3 heterocycles. The van der Waals surface area contributed by atoms with Gasteiger partial charge in [0.15, 0.2) is 10.6 Å². The minimum absolute atomic E-state index is 0.198. The lowest BCUT2D eigenvalue weighted by atomic mass is 10.3. The number of halogens is 2. The molecule has 4 rings (SSSR count). The Morgan fingerprint density at radius 3 is 2.83 bits per heavy atom. The summed E-state index contributed by atoms with van der Waals surface area (Å²) >= 11 is 2.92. The molecule has 0 amide bonds. The summed E-state index contributed by atoms with van der Waals surface area (Å²) in [5.41, 5.74) is 3.21. The number of ether oxygens (including phenoxy) is 1. The molecule has 0 aliphatic carbocycles. The lowest BCUT2D eigenvalue weighted by Gasteiger charge is -2.23. The summed E-state index contributed by atoms with van der Waals surface area (Å²) in [4.78, 5) is 19.7. The number of para-hydroxylation sites is 1. The van der Waals surface area contributed by atoms with Gasteiger partial charge in [-0.25, -0.2) is 18.7 Å². The van der Waals surface area contributed by atoms with Gasteiger partial charge >= 0.3 is 0 Å². The van der Waals surface area contributed by atoms with Gasteiger partial charge in [0.1, 0.15) is 17.1 Å². The smallest absolute Gasteiger partial charge is 0.288 e. The van der Waals surface area contributed by atoms with Crippen LogP contribution in [0.25, 0.3) is 20.6 Å². The molecule has 0 aliphatic heterocycles. The second kappa shape index (κ2) is 8.09. The number of benzene rings is 1. The third-order valence-electron chi connectivity index (χ3n) is 4.10. The van der Waals surface area contributed by atoms with Crippen molar-refractivity contribution >= 4 is 55.0 Å². The number of nitrogens with one attached hydrogen (secondary N) is 1. The first-order valence-corrected chi connectivity index (χ1v) is 10.4. The van der Waals surface area contributed by atoms with Crippen LogP contribution in [0.3, 0.4) is 0 Å². The molecule has 29 heavy (non-hydrogen) atoms. The fourth-order valence-corrected chi connectivity index (χ4v) is 4.43. The topological polar surface area (TPSA) is 76.1 Å². The van der Waals surface area contributed by atoms with Gasteiger partial charge in [-0.1, -0.05) is 12.1 Å². The molecule has 0 saturated carbocycles. The van der Waals surface area contributed by atoms with E-state index in [0.717, 1.165) is 15.2 Å². The van der Waals surface area contributed by atoms with Crippen molar-refractivity contribution < 1.29 is 13.5 Å². The molecule has 0 radical (unpaired) electrons. The molecule has 0 fully saturated rings. The van der Waals surface area contributed by atoms with Crippen molar-refractivity contribution in [2.24, 2.45) is 0 Å². The normalized spacial score (nSPS) is 12.0. The van der Waals surface area contributed by atoms with Crippen molar-refractivity contribution in [1.29, 1.82) is 0 Å². The Balaban J connectivity index is 1.57. The number of hydrogen-bond donors (Lipinski definition) is 1. The fraction of sp³-hybridized carbons (Fsp3) is 0.333. The average Bonchev–Trinajstić information content (AvgIpc) is 3.31. The summed E-state index contributed by atoms with van der Waals surface area (Å²) < 4.78 is 33.6. The molecule has 0 aliphatic rings. The highest BCUT2D eigenvalue weighted by atomic mass is 32.1. The first kappa shape index (κ1) is 19.8. The number of thiazole rings is 2. The van der Waals surface area contributed by atoms with Crippen molar-refractivity contribution in [3.05, 3.63) is 34.8 Å². The monoisotopic (exact) mass is 436 g/mol. The third-order valence-corrected chi connectivity index (χ3v) is 5.85. The zero-order valence-electron chi connectivity index (χ0n) is 15.7. The molecule has 1 N–H and O–H groups in total. The largest absolute Gasteiger partial charge is 0.378 e. The highest BCUT2D eigenvalue weighted by molar-refractivity contribution is 7.18. The SMILES string of the molecule is COCC(F)(F)CN(C)c1nc(NCc2nc3ccccc3s2)c2ncsc2n1. The van der Waals surface area contributed by atoms with E-state index in [0.29, 0.717) is 22.7 Å². The van der Waals surface area contributed by atoms with E-state index in [-0.39, 0.29) is 5.95 Å². The van der Waals surface area contributed by atoms with Crippen molar-refractivity contribution in [2.45, 2.75) is 12.5 Å². The molecule has 152 valence electrons. The van der Waals surface area contributed by atoms with E-state index in [1.165, 1.54) is 30.4 Å². The van der Waals surface area contributed by atoms with E-state index in [2.05, 4.69) is 30.0 Å². The summed E-state index contributed by atoms with van der Waals surface area (Å²) in [7, 11) is 2.78. The molecule has 0 spiro atoms. The summed E-state index contributed by atoms with van der Waals surface area (Å²) in [6, 6.07) is 7.91. The molecule has 3 aromatic heterocycles. The van der Waals surface area contributed by atoms with Crippen LogP contribution in [0.5, 0.6) is 0 Å². The maximum Gasteiger partial charge on any atom is 0.288 e. The number of hydrogen-bond acceptors (Lipinski definition) is 9. The first-order valence-electron chi connectivity index (χ1n) is 8.73. The highest BCUT2D eigenvalue weighted by Crippen LogP contribution is 2.28. The van der Waals surface area contributed by atoms with Crippen molar-refractivity contribution in [3.63, 3.8) is 0 Å². The molecule has 0 saturated heterocycles. The number of nitrogens with zero attached hydrogens (tertiary/aromatic N) is 5. The summed E-state index contributed by atoms with van der Waals surface area (Å²) in [5.74, 6) is -2.32. The molecular weight excluding hydrogens is 418 g/mol. The van der Waals surface area contributed by atoms with Gasteiger partial charge in [0, 0.05) is 14.2 Å². The number of anilines is 2. The quantitative estimate of drug-likeness (QED) is 0.447. The van der Waals surface area contributed by atoms with E-state index in [9.17, 15) is 8.78 Å². The Morgan fingerprint density at radius 1 is 1.21 bits per heavy atom. The van der Waals surface area contributed by atoms with Crippen LogP contribution in [0, 0.1) is 0 Å². The average molecular weight is 437 g/mol. The lowest BCUT2D eigenvalue weighted by molar-refractivity contribution is -0.0564. The zero-order chi connectivity index (χ0) is 20.4. The van der Waals surface area contributed by atoms with Crippen molar-refractivity contribution in [3.8, 4) is 0 Å². The third kappa shape index (κ3) is 4.41. The predicted molar refractivity (Wildman–Crippen MR) is 112 cm³/mol. The molecule has 1 aromatic carbocycles. The Morgan fingerprint density at radius 2 is 2.03 bits per heavy atom. The number of rotatable bonds is 8. The van der Waals surface area contributed by atoms with Crippen LogP contribution in [-0.4, -0.2) is 53.2 Å². The van der Waals surface area contributed by atoms with Crippen LogP contribution < -0.4 is 10.2 Å². The molecule has 7 nitrogen and oxygen atoms in total. The Hall–Kier alpha value is -2.50. The molecular formula is C18H18F2N6OS2. The number of alkyl halides is 2. The van der Waals surface area contributed by atoms with Crippen LogP contribution in [0.4, 0.5) is 20.5 Å². The maximum absolute atomic E-state index is 13.9. The lowest BCUT2D eigenvalue weighted by Crippen LogP contribution is -2.38. The maximum atomic E-state index is 13.9. The number of methoxy groups -OCH3 is 1. The molecule has 0 unspecified atom stereocenters. The van der Waals surface area contributed by atoms with Crippen LogP contribution in [0.15, 0.2) is 29.8 Å². The van der Waals surface area contributed by atoms with Gasteiger partial charge in [-0.3, -0.25) is 0 Å². The van der Waals surface area contributed by atoms with E-state index in [1.54, 1.807) is 16.8 Å². The van der Waals surface area contributed by atoms with Crippen LogP contribution in [0.1, 0.15) is 5.01 Å². The van der Waals surface area contributed by atoms with Gasteiger partial charge in [0.05, 0.1) is 28.8 Å². The summed E-state index contributed by atoms with van der Waals surface area (Å²) in [6.07, 6.45) is 0. The highest BCUT2D eigenvalue weighted by Gasteiger charge is 2.31. The minimum atomic E-state index is -3.01. The van der Waals surface area contributed by atoms with Gasteiger partial charge < -0.3 is 15.0 Å². The Labute approximate surface area is 173 Å². The Kier molecular flexibility index (Phi) is 5.52. The van der Waals surface area contributed by atoms with Crippen molar-refractivity contribution in [2.75, 3.05) is 37.5 Å². The number of aromatic nitrogens is 4. The van der Waals surface area contributed by atoms with Gasteiger partial charge in [-0.05, 0) is 12.1 Å². The molecule has 11 heteroatoms. The predicted octanol–water partition coefficient (Wildman–Crippen LogP) is 4.03. The molecule has 0 bridgehead atoms. The van der Waals surface area contributed by atoms with E-state index >= 15 is 0 Å². The molecule has 0 atom stereocenters.